The van der Waals surface area contributed by atoms with Crippen molar-refractivity contribution in [3.05, 3.63) is 95.6 Å². The van der Waals surface area contributed by atoms with E-state index in [0.717, 1.165) is 20.1 Å². The first-order valence-electron chi connectivity index (χ1n) is 8.75. The third-order valence-corrected chi connectivity index (χ3v) is 6.82. The molecule has 4 rings (SSSR count). The van der Waals surface area contributed by atoms with Gasteiger partial charge in [0.2, 0.25) is 0 Å². The van der Waals surface area contributed by atoms with Crippen molar-refractivity contribution in [2.45, 2.75) is 16.0 Å². The van der Waals surface area contributed by atoms with Crippen LogP contribution in [0, 0.1) is 11.3 Å². The smallest absolute Gasteiger partial charge is 0.193 e. The molecule has 0 aliphatic heterocycles. The molecule has 1 aromatic heterocycles. The van der Waals surface area contributed by atoms with E-state index in [0.29, 0.717) is 11.1 Å². The van der Waals surface area contributed by atoms with Gasteiger partial charge < -0.3 is 0 Å². The Morgan fingerprint density at radius 1 is 1.00 bits per heavy atom. The molecular formula is C23H16N2OS2. The van der Waals surface area contributed by atoms with Crippen LogP contribution in [0.25, 0.3) is 10.2 Å². The molecule has 0 aliphatic carbocycles. The molecule has 1 atom stereocenters. The second-order valence-electron chi connectivity index (χ2n) is 6.47. The van der Waals surface area contributed by atoms with Crippen LogP contribution in [0.4, 0.5) is 0 Å². The summed E-state index contributed by atoms with van der Waals surface area (Å²) in [5.74, 6) is -0.0484. The summed E-state index contributed by atoms with van der Waals surface area (Å²) < 4.78 is 1.09. The SMILES string of the molecule is CC(C#N)(Sc1nc2ccccc2s1)c1cccc(C(=O)c2ccccc2)c1. The van der Waals surface area contributed by atoms with Gasteiger partial charge in [-0.3, -0.25) is 4.79 Å². The Morgan fingerprint density at radius 2 is 1.71 bits per heavy atom. The van der Waals surface area contributed by atoms with Crippen molar-refractivity contribution in [3.63, 3.8) is 0 Å². The van der Waals surface area contributed by atoms with Crippen molar-refractivity contribution in [2.24, 2.45) is 0 Å². The summed E-state index contributed by atoms with van der Waals surface area (Å²) in [7, 11) is 0. The van der Waals surface area contributed by atoms with Gasteiger partial charge in [-0.15, -0.1) is 11.3 Å². The van der Waals surface area contributed by atoms with Crippen molar-refractivity contribution in [3.8, 4) is 6.07 Å². The number of ketones is 1. The minimum atomic E-state index is -0.846. The van der Waals surface area contributed by atoms with E-state index in [1.807, 2.05) is 67.6 Å². The van der Waals surface area contributed by atoms with Gasteiger partial charge in [-0.05, 0) is 30.7 Å². The highest BCUT2D eigenvalue weighted by Gasteiger charge is 2.30. The Bertz CT molecular complexity index is 1160. The molecule has 1 heterocycles. The highest BCUT2D eigenvalue weighted by molar-refractivity contribution is 8.02. The Balaban J connectivity index is 1.67. The lowest BCUT2D eigenvalue weighted by Gasteiger charge is -2.20. The van der Waals surface area contributed by atoms with E-state index in [2.05, 4.69) is 11.1 Å². The van der Waals surface area contributed by atoms with Gasteiger partial charge in [0.05, 0.1) is 16.3 Å². The van der Waals surface area contributed by atoms with E-state index < -0.39 is 4.75 Å². The largest absolute Gasteiger partial charge is 0.289 e. The molecule has 0 fully saturated rings. The monoisotopic (exact) mass is 400 g/mol. The van der Waals surface area contributed by atoms with Gasteiger partial charge in [0.1, 0.15) is 4.75 Å². The molecule has 5 heteroatoms. The number of aromatic nitrogens is 1. The Labute approximate surface area is 171 Å². The van der Waals surface area contributed by atoms with Crippen LogP contribution in [0.2, 0.25) is 0 Å². The Hall–Kier alpha value is -2.94. The van der Waals surface area contributed by atoms with Crippen molar-refractivity contribution >= 4 is 39.1 Å². The van der Waals surface area contributed by atoms with Crippen LogP contribution in [-0.2, 0) is 4.75 Å². The predicted molar refractivity (Wildman–Crippen MR) is 115 cm³/mol. The minimum Gasteiger partial charge on any atom is -0.289 e. The second-order valence-corrected chi connectivity index (χ2v) is 9.17. The maximum atomic E-state index is 12.8. The van der Waals surface area contributed by atoms with Crippen molar-refractivity contribution in [1.82, 2.24) is 4.98 Å². The quantitative estimate of drug-likeness (QED) is 0.302. The number of thiazole rings is 1. The van der Waals surface area contributed by atoms with E-state index >= 15 is 0 Å². The van der Waals surface area contributed by atoms with Crippen LogP contribution in [0.15, 0.2) is 83.2 Å². The summed E-state index contributed by atoms with van der Waals surface area (Å²) in [6.45, 7) is 1.87. The fourth-order valence-corrected chi connectivity index (χ4v) is 5.35. The van der Waals surface area contributed by atoms with Gasteiger partial charge >= 0.3 is 0 Å². The van der Waals surface area contributed by atoms with Gasteiger partial charge in [0.25, 0.3) is 0 Å². The van der Waals surface area contributed by atoms with E-state index in [1.54, 1.807) is 29.5 Å². The maximum Gasteiger partial charge on any atom is 0.193 e. The molecule has 4 aromatic rings. The highest BCUT2D eigenvalue weighted by atomic mass is 32.2. The summed E-state index contributed by atoms with van der Waals surface area (Å²) in [5, 5.41) is 9.94. The zero-order valence-corrected chi connectivity index (χ0v) is 16.8. The van der Waals surface area contributed by atoms with Crippen LogP contribution in [0.1, 0.15) is 28.4 Å². The summed E-state index contributed by atoms with van der Waals surface area (Å²) in [6.07, 6.45) is 0. The molecular weight excluding hydrogens is 384 g/mol. The summed E-state index contributed by atoms with van der Waals surface area (Å²) >= 11 is 3.00. The first-order chi connectivity index (χ1) is 13.6. The molecule has 0 saturated heterocycles. The fourth-order valence-electron chi connectivity index (χ4n) is 2.93. The number of rotatable bonds is 5. The predicted octanol–water partition coefficient (Wildman–Crippen LogP) is 6.06. The highest BCUT2D eigenvalue weighted by Crippen LogP contribution is 2.43. The maximum absolute atomic E-state index is 12.8. The second kappa shape index (κ2) is 7.59. The van der Waals surface area contributed by atoms with Gasteiger partial charge in [-0.2, -0.15) is 5.26 Å². The van der Waals surface area contributed by atoms with Crippen LogP contribution < -0.4 is 0 Å². The molecule has 0 aliphatic rings. The van der Waals surface area contributed by atoms with E-state index in [9.17, 15) is 10.1 Å². The van der Waals surface area contributed by atoms with Crippen LogP contribution in [0.3, 0.4) is 0 Å². The van der Waals surface area contributed by atoms with Gasteiger partial charge in [0.15, 0.2) is 10.1 Å². The molecule has 0 N–H and O–H groups in total. The lowest BCUT2D eigenvalue weighted by molar-refractivity contribution is 0.103. The topological polar surface area (TPSA) is 53.8 Å². The van der Waals surface area contributed by atoms with Crippen molar-refractivity contribution in [2.75, 3.05) is 0 Å². The number of nitrogens with zero attached hydrogens (tertiary/aromatic N) is 2. The fraction of sp³-hybridized carbons (Fsp3) is 0.0870. The molecule has 3 nitrogen and oxygen atoms in total. The van der Waals surface area contributed by atoms with Gasteiger partial charge in [-0.25, -0.2) is 4.98 Å². The summed E-state index contributed by atoms with van der Waals surface area (Å²) in [4.78, 5) is 17.4. The van der Waals surface area contributed by atoms with Gasteiger partial charge in [0, 0.05) is 11.1 Å². The van der Waals surface area contributed by atoms with Crippen LogP contribution in [0.5, 0.6) is 0 Å². The molecule has 0 radical (unpaired) electrons. The summed E-state index contributed by atoms with van der Waals surface area (Å²) in [5.41, 5.74) is 2.94. The number of carbonyl (C=O) groups is 1. The first-order valence-corrected chi connectivity index (χ1v) is 10.4. The number of para-hydroxylation sites is 1. The standard InChI is InChI=1S/C23H16N2OS2/c1-23(15-24,28-22-25-19-12-5-6-13-20(19)27-22)18-11-7-10-17(14-18)21(26)16-8-3-2-4-9-16/h2-14H,1H3. The normalized spacial score (nSPS) is 13.0. The lowest BCUT2D eigenvalue weighted by Crippen LogP contribution is -2.15. The average molecular weight is 401 g/mol. The number of nitriles is 1. The zero-order valence-electron chi connectivity index (χ0n) is 15.1. The summed E-state index contributed by atoms with van der Waals surface area (Å²) in [6, 6.07) is 26.9. The van der Waals surface area contributed by atoms with Gasteiger partial charge in [-0.1, -0.05) is 72.4 Å². The van der Waals surface area contributed by atoms with Crippen molar-refractivity contribution < 1.29 is 4.79 Å². The number of hydrogen-bond donors (Lipinski definition) is 0. The third-order valence-electron chi connectivity index (χ3n) is 4.49. The van der Waals surface area contributed by atoms with Crippen molar-refractivity contribution in [1.29, 1.82) is 5.26 Å². The number of benzene rings is 3. The lowest BCUT2D eigenvalue weighted by atomic mass is 9.96. The first kappa shape index (κ1) is 18.4. The number of thioether (sulfide) groups is 1. The Kier molecular flexibility index (Phi) is 4.99. The zero-order chi connectivity index (χ0) is 19.6. The molecule has 1 unspecified atom stereocenters. The molecule has 3 aromatic carbocycles. The van der Waals surface area contributed by atoms with E-state index in [-0.39, 0.29) is 5.78 Å². The Morgan fingerprint density at radius 3 is 2.46 bits per heavy atom. The number of carbonyl (C=O) groups excluding carboxylic acids is 1. The molecule has 0 amide bonds. The molecule has 0 spiro atoms. The molecule has 28 heavy (non-hydrogen) atoms. The average Bonchev–Trinajstić information content (AvgIpc) is 3.16. The number of fused-ring (bicyclic) bond motifs is 1. The molecule has 136 valence electrons. The van der Waals surface area contributed by atoms with Crippen LogP contribution >= 0.6 is 23.1 Å². The minimum absolute atomic E-state index is 0.0484. The molecule has 0 bridgehead atoms. The molecule has 0 saturated carbocycles. The number of hydrogen-bond acceptors (Lipinski definition) is 5. The third kappa shape index (κ3) is 3.57. The van der Waals surface area contributed by atoms with E-state index in [1.165, 1.54) is 11.8 Å². The van der Waals surface area contributed by atoms with Crippen LogP contribution in [-0.4, -0.2) is 10.8 Å². The van der Waals surface area contributed by atoms with E-state index in [4.69, 9.17) is 0 Å².